The van der Waals surface area contributed by atoms with E-state index in [1.54, 1.807) is 0 Å². The van der Waals surface area contributed by atoms with Crippen molar-refractivity contribution >= 4 is 6.29 Å². The fraction of sp³-hybridized carbons (Fsp3) is 0.900. The smallest absolute Gasteiger partial charge is 0.125 e. The Morgan fingerprint density at radius 3 is 2.67 bits per heavy atom. The molecule has 1 rings (SSSR count). The highest BCUT2D eigenvalue weighted by Crippen LogP contribution is 2.20. The summed E-state index contributed by atoms with van der Waals surface area (Å²) in [5.41, 5.74) is 0. The van der Waals surface area contributed by atoms with Crippen LogP contribution >= 0.6 is 0 Å². The number of rotatable bonds is 4. The Kier molecular flexibility index (Phi) is 4.30. The molecule has 0 radical (unpaired) electrons. The van der Waals surface area contributed by atoms with Crippen LogP contribution in [0.4, 0.5) is 0 Å². The highest BCUT2D eigenvalue weighted by atomic mass is 16.5. The van der Waals surface area contributed by atoms with Crippen molar-refractivity contribution in [2.75, 3.05) is 6.61 Å². The predicted molar refractivity (Wildman–Crippen MR) is 48.1 cm³/mol. The average molecular weight is 170 g/mol. The van der Waals surface area contributed by atoms with Crippen LogP contribution in [0.2, 0.25) is 0 Å². The Morgan fingerprint density at radius 2 is 2.08 bits per heavy atom. The number of carbonyl (C=O) groups excluding carboxylic acids is 1. The van der Waals surface area contributed by atoms with Crippen molar-refractivity contribution < 1.29 is 9.53 Å². The average Bonchev–Trinajstić information content (AvgIpc) is 2.16. The van der Waals surface area contributed by atoms with Crippen LogP contribution in [0.3, 0.4) is 0 Å². The molecule has 1 saturated carbocycles. The number of hydrogen-bond acceptors (Lipinski definition) is 2. The van der Waals surface area contributed by atoms with Crippen LogP contribution in [-0.2, 0) is 9.53 Å². The lowest BCUT2D eigenvalue weighted by Gasteiger charge is -2.22. The maximum atomic E-state index is 10.3. The molecule has 0 spiro atoms. The summed E-state index contributed by atoms with van der Waals surface area (Å²) in [6.45, 7) is 2.50. The third kappa shape index (κ3) is 3.35. The fourth-order valence-electron chi connectivity index (χ4n) is 1.56. The maximum Gasteiger partial charge on any atom is 0.125 e. The first-order valence-corrected chi connectivity index (χ1v) is 4.90. The Bertz CT molecular complexity index is 128. The van der Waals surface area contributed by atoms with E-state index in [4.69, 9.17) is 4.74 Å². The van der Waals surface area contributed by atoms with Gasteiger partial charge in [0.25, 0.3) is 0 Å². The van der Waals surface area contributed by atoms with Gasteiger partial charge in [0.05, 0.1) is 12.7 Å². The van der Waals surface area contributed by atoms with Gasteiger partial charge in [-0.15, -0.1) is 0 Å². The van der Waals surface area contributed by atoms with E-state index >= 15 is 0 Å². The first-order valence-electron chi connectivity index (χ1n) is 4.90. The Hall–Kier alpha value is -0.370. The van der Waals surface area contributed by atoms with Crippen molar-refractivity contribution in [1.29, 1.82) is 0 Å². The monoisotopic (exact) mass is 170 g/mol. The first kappa shape index (κ1) is 9.72. The normalized spacial score (nSPS) is 22.1. The zero-order valence-electron chi connectivity index (χ0n) is 7.79. The first-order chi connectivity index (χ1) is 5.83. The summed E-state index contributed by atoms with van der Waals surface area (Å²) in [7, 11) is 0. The Morgan fingerprint density at radius 1 is 1.42 bits per heavy atom. The second kappa shape index (κ2) is 5.31. The lowest BCUT2D eigenvalue weighted by molar-refractivity contribution is -0.113. The van der Waals surface area contributed by atoms with Gasteiger partial charge in [-0.2, -0.15) is 0 Å². The van der Waals surface area contributed by atoms with E-state index in [-0.39, 0.29) is 5.92 Å². The van der Waals surface area contributed by atoms with Crippen molar-refractivity contribution in [3.05, 3.63) is 0 Å². The molecule has 1 unspecified atom stereocenters. The molecule has 0 heterocycles. The van der Waals surface area contributed by atoms with Crippen LogP contribution in [0.1, 0.15) is 39.0 Å². The quantitative estimate of drug-likeness (QED) is 0.604. The second-order valence-corrected chi connectivity index (χ2v) is 3.71. The van der Waals surface area contributed by atoms with Gasteiger partial charge in [0, 0.05) is 5.92 Å². The number of hydrogen-bond donors (Lipinski definition) is 0. The van der Waals surface area contributed by atoms with Crippen molar-refractivity contribution in [3.8, 4) is 0 Å². The Balaban J connectivity index is 2.08. The SMILES string of the molecule is CC(C=O)COC1CCCCC1. The standard InChI is InChI=1S/C10H18O2/c1-9(7-11)8-12-10-5-3-2-4-6-10/h7,9-10H,2-6,8H2,1H3. The topological polar surface area (TPSA) is 26.3 Å². The van der Waals surface area contributed by atoms with Gasteiger partial charge in [-0.3, -0.25) is 0 Å². The third-order valence-electron chi connectivity index (χ3n) is 2.38. The summed E-state index contributed by atoms with van der Waals surface area (Å²) in [5, 5.41) is 0. The molecule has 2 heteroatoms. The van der Waals surface area contributed by atoms with Crippen molar-refractivity contribution in [2.45, 2.75) is 45.1 Å². The minimum atomic E-state index is 0.0620. The van der Waals surface area contributed by atoms with Crippen molar-refractivity contribution in [3.63, 3.8) is 0 Å². The van der Waals surface area contributed by atoms with Gasteiger partial charge < -0.3 is 9.53 Å². The fourth-order valence-corrected chi connectivity index (χ4v) is 1.56. The molecule has 0 aromatic heterocycles. The highest BCUT2D eigenvalue weighted by Gasteiger charge is 2.14. The van der Waals surface area contributed by atoms with Gasteiger partial charge in [0.2, 0.25) is 0 Å². The summed E-state index contributed by atoms with van der Waals surface area (Å²) >= 11 is 0. The second-order valence-electron chi connectivity index (χ2n) is 3.71. The van der Waals surface area contributed by atoms with Crippen LogP contribution in [0.15, 0.2) is 0 Å². The molecular formula is C10H18O2. The summed E-state index contributed by atoms with van der Waals surface area (Å²) < 4.78 is 5.60. The molecule has 2 nitrogen and oxygen atoms in total. The lowest BCUT2D eigenvalue weighted by Crippen LogP contribution is -2.20. The number of carbonyl (C=O) groups is 1. The summed E-state index contributed by atoms with van der Waals surface area (Å²) in [6, 6.07) is 0. The van der Waals surface area contributed by atoms with Crippen LogP contribution in [-0.4, -0.2) is 19.0 Å². The Labute approximate surface area is 74.3 Å². The summed E-state index contributed by atoms with van der Waals surface area (Å²) in [6.07, 6.45) is 7.70. The molecule has 1 aliphatic carbocycles. The summed E-state index contributed by atoms with van der Waals surface area (Å²) in [4.78, 5) is 10.3. The molecule has 1 aliphatic rings. The van der Waals surface area contributed by atoms with E-state index in [1.807, 2.05) is 6.92 Å². The van der Waals surface area contributed by atoms with Gasteiger partial charge in [-0.1, -0.05) is 26.2 Å². The molecule has 0 saturated heterocycles. The van der Waals surface area contributed by atoms with Crippen LogP contribution in [0, 0.1) is 5.92 Å². The van der Waals surface area contributed by atoms with E-state index in [0.29, 0.717) is 12.7 Å². The minimum absolute atomic E-state index is 0.0620. The minimum Gasteiger partial charge on any atom is -0.377 e. The molecule has 1 atom stereocenters. The maximum absolute atomic E-state index is 10.3. The zero-order chi connectivity index (χ0) is 8.81. The van der Waals surface area contributed by atoms with E-state index < -0.39 is 0 Å². The highest BCUT2D eigenvalue weighted by molar-refractivity contribution is 5.52. The van der Waals surface area contributed by atoms with E-state index in [9.17, 15) is 4.79 Å². The van der Waals surface area contributed by atoms with Crippen molar-refractivity contribution in [1.82, 2.24) is 0 Å². The number of aldehydes is 1. The van der Waals surface area contributed by atoms with E-state index in [1.165, 1.54) is 32.1 Å². The molecule has 0 aromatic carbocycles. The van der Waals surface area contributed by atoms with Crippen LogP contribution in [0.25, 0.3) is 0 Å². The van der Waals surface area contributed by atoms with Gasteiger partial charge >= 0.3 is 0 Å². The van der Waals surface area contributed by atoms with Gasteiger partial charge in [-0.25, -0.2) is 0 Å². The van der Waals surface area contributed by atoms with Gasteiger partial charge in [0.1, 0.15) is 6.29 Å². The van der Waals surface area contributed by atoms with E-state index in [0.717, 1.165) is 6.29 Å². The largest absolute Gasteiger partial charge is 0.377 e. The zero-order valence-corrected chi connectivity index (χ0v) is 7.79. The van der Waals surface area contributed by atoms with Crippen LogP contribution in [0.5, 0.6) is 0 Å². The van der Waals surface area contributed by atoms with Gasteiger partial charge in [-0.05, 0) is 12.8 Å². The molecule has 0 aliphatic heterocycles. The molecule has 0 amide bonds. The van der Waals surface area contributed by atoms with Gasteiger partial charge in [0.15, 0.2) is 0 Å². The molecular weight excluding hydrogens is 152 g/mol. The third-order valence-corrected chi connectivity index (χ3v) is 2.38. The van der Waals surface area contributed by atoms with Crippen molar-refractivity contribution in [2.24, 2.45) is 5.92 Å². The molecule has 0 N–H and O–H groups in total. The summed E-state index contributed by atoms with van der Waals surface area (Å²) in [5.74, 6) is 0.0620. The molecule has 12 heavy (non-hydrogen) atoms. The van der Waals surface area contributed by atoms with Crippen LogP contribution < -0.4 is 0 Å². The lowest BCUT2D eigenvalue weighted by atomic mass is 9.98. The molecule has 70 valence electrons. The predicted octanol–water partition coefficient (Wildman–Crippen LogP) is 2.17. The molecule has 0 aromatic rings. The molecule has 1 fully saturated rings. The molecule has 0 bridgehead atoms. The van der Waals surface area contributed by atoms with E-state index in [2.05, 4.69) is 0 Å². The number of ether oxygens (including phenoxy) is 1.